The van der Waals surface area contributed by atoms with Gasteiger partial charge in [0.15, 0.2) is 11.6 Å². The van der Waals surface area contributed by atoms with Gasteiger partial charge in [0.1, 0.15) is 11.8 Å². The molecule has 0 spiro atoms. The third kappa shape index (κ3) is 5.19. The number of sulfonamides is 1. The number of para-hydroxylation sites is 2. The summed E-state index contributed by atoms with van der Waals surface area (Å²) < 4.78 is 57.7. The molecule has 6 nitrogen and oxygen atoms in total. The number of amides is 1. The highest BCUT2D eigenvalue weighted by atomic mass is 32.2. The van der Waals surface area contributed by atoms with Crippen molar-refractivity contribution in [1.82, 2.24) is 0 Å². The Morgan fingerprint density at radius 1 is 1.07 bits per heavy atom. The van der Waals surface area contributed by atoms with Crippen LogP contribution in [-0.2, 0) is 14.8 Å². The Balaban J connectivity index is 2.34. The van der Waals surface area contributed by atoms with Gasteiger partial charge in [-0.3, -0.25) is 9.10 Å². The molecule has 152 valence electrons. The predicted octanol–water partition coefficient (Wildman–Crippen LogP) is 3.55. The SMILES string of the molecule is CC(C)Oc1ccccc1NC(=O)C(C)N(c1ccc(F)c(F)c1)S(C)(=O)=O. The van der Waals surface area contributed by atoms with Gasteiger partial charge in [-0.05, 0) is 45.0 Å². The van der Waals surface area contributed by atoms with Crippen molar-refractivity contribution in [2.24, 2.45) is 0 Å². The fourth-order valence-corrected chi connectivity index (χ4v) is 3.76. The summed E-state index contributed by atoms with van der Waals surface area (Å²) in [6.07, 6.45) is 0.749. The molecule has 1 unspecified atom stereocenters. The molecule has 2 rings (SSSR count). The number of carbonyl (C=O) groups excluding carboxylic acids is 1. The minimum absolute atomic E-state index is 0.134. The quantitative estimate of drug-likeness (QED) is 0.755. The predicted molar refractivity (Wildman–Crippen MR) is 104 cm³/mol. The largest absolute Gasteiger partial charge is 0.489 e. The molecule has 0 aliphatic rings. The zero-order chi connectivity index (χ0) is 21.1. The van der Waals surface area contributed by atoms with Crippen LogP contribution in [0.5, 0.6) is 5.75 Å². The lowest BCUT2D eigenvalue weighted by Gasteiger charge is -2.28. The number of nitrogens with zero attached hydrogens (tertiary/aromatic N) is 1. The van der Waals surface area contributed by atoms with E-state index in [9.17, 15) is 22.0 Å². The van der Waals surface area contributed by atoms with E-state index in [4.69, 9.17) is 4.74 Å². The molecule has 0 saturated carbocycles. The van der Waals surface area contributed by atoms with Crippen molar-refractivity contribution in [3.8, 4) is 5.75 Å². The van der Waals surface area contributed by atoms with Gasteiger partial charge < -0.3 is 10.1 Å². The van der Waals surface area contributed by atoms with E-state index in [2.05, 4.69) is 5.32 Å². The molecule has 0 heterocycles. The Hall–Kier alpha value is -2.68. The van der Waals surface area contributed by atoms with Crippen molar-refractivity contribution in [3.05, 3.63) is 54.1 Å². The van der Waals surface area contributed by atoms with E-state index < -0.39 is 33.6 Å². The van der Waals surface area contributed by atoms with E-state index in [-0.39, 0.29) is 11.8 Å². The smallest absolute Gasteiger partial charge is 0.248 e. The number of benzene rings is 2. The van der Waals surface area contributed by atoms with Crippen molar-refractivity contribution in [2.75, 3.05) is 15.9 Å². The molecular weight excluding hydrogens is 390 g/mol. The molecule has 0 fully saturated rings. The summed E-state index contributed by atoms with van der Waals surface area (Å²) in [6.45, 7) is 5.01. The van der Waals surface area contributed by atoms with Crippen LogP contribution < -0.4 is 14.4 Å². The van der Waals surface area contributed by atoms with Gasteiger partial charge in [-0.25, -0.2) is 17.2 Å². The van der Waals surface area contributed by atoms with Crippen LogP contribution in [0.4, 0.5) is 20.2 Å². The summed E-state index contributed by atoms with van der Waals surface area (Å²) in [5.74, 6) is -2.56. The molecule has 2 aromatic rings. The maximum atomic E-state index is 13.6. The zero-order valence-electron chi connectivity index (χ0n) is 15.9. The fourth-order valence-electron chi connectivity index (χ4n) is 2.59. The van der Waals surface area contributed by atoms with Crippen LogP contribution in [0.25, 0.3) is 0 Å². The van der Waals surface area contributed by atoms with Crippen molar-refractivity contribution < 1.29 is 26.7 Å². The molecule has 0 aromatic heterocycles. The molecule has 2 aromatic carbocycles. The molecule has 1 atom stereocenters. The molecular formula is C19H22F2N2O4S. The Bertz CT molecular complexity index is 964. The standard InChI is InChI=1S/C19H22F2N2O4S/c1-12(2)27-18-8-6-5-7-17(18)22-19(24)13(3)23(28(4,25)26)14-9-10-15(20)16(21)11-14/h5-13H,1-4H3,(H,22,24). The second-order valence-corrected chi connectivity index (χ2v) is 8.34. The minimum atomic E-state index is -3.96. The van der Waals surface area contributed by atoms with E-state index in [0.717, 1.165) is 28.8 Å². The summed E-state index contributed by atoms with van der Waals surface area (Å²) in [5.41, 5.74) is 0.211. The second kappa shape index (κ2) is 8.55. The average Bonchev–Trinajstić information content (AvgIpc) is 2.58. The van der Waals surface area contributed by atoms with Crippen LogP contribution in [-0.4, -0.2) is 32.7 Å². The molecule has 0 aliphatic heterocycles. The first-order valence-electron chi connectivity index (χ1n) is 8.51. The second-order valence-electron chi connectivity index (χ2n) is 6.49. The Morgan fingerprint density at radius 3 is 2.29 bits per heavy atom. The normalized spacial score (nSPS) is 12.5. The average molecular weight is 412 g/mol. The summed E-state index contributed by atoms with van der Waals surface area (Å²) in [7, 11) is -3.96. The number of halogens is 2. The number of ether oxygens (including phenoxy) is 1. The van der Waals surface area contributed by atoms with E-state index in [1.165, 1.54) is 6.92 Å². The maximum Gasteiger partial charge on any atom is 0.248 e. The number of rotatable bonds is 7. The molecule has 9 heteroatoms. The lowest BCUT2D eigenvalue weighted by atomic mass is 10.2. The zero-order valence-corrected chi connectivity index (χ0v) is 16.8. The maximum absolute atomic E-state index is 13.6. The number of hydrogen-bond acceptors (Lipinski definition) is 4. The van der Waals surface area contributed by atoms with Crippen LogP contribution in [0.2, 0.25) is 0 Å². The summed E-state index contributed by atoms with van der Waals surface area (Å²) >= 11 is 0. The fraction of sp³-hybridized carbons (Fsp3) is 0.316. The summed E-state index contributed by atoms with van der Waals surface area (Å²) in [5, 5.41) is 2.63. The lowest BCUT2D eigenvalue weighted by molar-refractivity contribution is -0.116. The van der Waals surface area contributed by atoms with Gasteiger partial charge in [-0.1, -0.05) is 12.1 Å². The third-order valence-corrected chi connectivity index (χ3v) is 5.00. The van der Waals surface area contributed by atoms with Crippen molar-refractivity contribution >= 4 is 27.3 Å². The van der Waals surface area contributed by atoms with Gasteiger partial charge in [0.25, 0.3) is 0 Å². The van der Waals surface area contributed by atoms with E-state index >= 15 is 0 Å². The Kier molecular flexibility index (Phi) is 6.60. The Labute approximate surface area is 163 Å². The minimum Gasteiger partial charge on any atom is -0.489 e. The molecule has 0 aliphatic carbocycles. The first-order chi connectivity index (χ1) is 13.0. The van der Waals surface area contributed by atoms with E-state index in [1.54, 1.807) is 24.3 Å². The number of hydrogen-bond donors (Lipinski definition) is 1. The van der Waals surface area contributed by atoms with Gasteiger partial charge in [0.05, 0.1) is 23.7 Å². The van der Waals surface area contributed by atoms with Crippen molar-refractivity contribution in [3.63, 3.8) is 0 Å². The van der Waals surface area contributed by atoms with Crippen LogP contribution in [0, 0.1) is 11.6 Å². The van der Waals surface area contributed by atoms with Crippen LogP contribution in [0.15, 0.2) is 42.5 Å². The highest BCUT2D eigenvalue weighted by molar-refractivity contribution is 7.92. The number of nitrogens with one attached hydrogen (secondary N) is 1. The van der Waals surface area contributed by atoms with Gasteiger partial charge >= 0.3 is 0 Å². The molecule has 0 saturated heterocycles. The van der Waals surface area contributed by atoms with Crippen molar-refractivity contribution in [1.29, 1.82) is 0 Å². The highest BCUT2D eigenvalue weighted by Gasteiger charge is 2.30. The van der Waals surface area contributed by atoms with E-state index in [0.29, 0.717) is 11.4 Å². The number of carbonyl (C=O) groups is 1. The molecule has 1 N–H and O–H groups in total. The Morgan fingerprint density at radius 2 is 1.71 bits per heavy atom. The molecule has 0 radical (unpaired) electrons. The van der Waals surface area contributed by atoms with Crippen LogP contribution >= 0.6 is 0 Å². The van der Waals surface area contributed by atoms with Gasteiger partial charge in [0.2, 0.25) is 15.9 Å². The molecule has 28 heavy (non-hydrogen) atoms. The molecule has 0 bridgehead atoms. The third-order valence-electron chi connectivity index (χ3n) is 3.75. The summed E-state index contributed by atoms with van der Waals surface area (Å²) in [6, 6.07) is 8.12. The van der Waals surface area contributed by atoms with E-state index in [1.807, 2.05) is 13.8 Å². The van der Waals surface area contributed by atoms with Crippen LogP contribution in [0.1, 0.15) is 20.8 Å². The highest BCUT2D eigenvalue weighted by Crippen LogP contribution is 2.27. The van der Waals surface area contributed by atoms with Crippen LogP contribution in [0.3, 0.4) is 0 Å². The topological polar surface area (TPSA) is 75.7 Å². The molecule has 1 amide bonds. The first kappa shape index (κ1) is 21.6. The monoisotopic (exact) mass is 412 g/mol. The van der Waals surface area contributed by atoms with Crippen molar-refractivity contribution in [2.45, 2.75) is 32.9 Å². The lowest BCUT2D eigenvalue weighted by Crippen LogP contribution is -2.45. The van der Waals surface area contributed by atoms with Gasteiger partial charge in [-0.2, -0.15) is 0 Å². The van der Waals surface area contributed by atoms with Gasteiger partial charge in [0, 0.05) is 6.07 Å². The van der Waals surface area contributed by atoms with Gasteiger partial charge in [-0.15, -0.1) is 0 Å². The first-order valence-corrected chi connectivity index (χ1v) is 10.4. The summed E-state index contributed by atoms with van der Waals surface area (Å²) in [4.78, 5) is 12.7. The number of anilines is 2.